The van der Waals surface area contributed by atoms with Crippen molar-refractivity contribution in [3.05, 3.63) is 63.5 Å². The third-order valence-corrected chi connectivity index (χ3v) is 2.76. The van der Waals surface area contributed by atoms with Crippen LogP contribution in [0.1, 0.15) is 21.5 Å². The summed E-state index contributed by atoms with van der Waals surface area (Å²) in [4.78, 5) is 24.9. The van der Waals surface area contributed by atoms with Crippen molar-refractivity contribution in [3.8, 4) is 0 Å². The van der Waals surface area contributed by atoms with Crippen molar-refractivity contribution >= 4 is 23.4 Å². The largest absolute Gasteiger partial charge is 0.398 e. The number of aromatic nitrogens is 1. The van der Waals surface area contributed by atoms with Gasteiger partial charge in [0.1, 0.15) is 0 Å². The molecule has 0 spiro atoms. The molecule has 2 rings (SSSR count). The standard InChI is InChI=1S/C13H10N4O3/c14-11-6-12(17(19)20)9(7-18)5-10(11)13(15)8-1-3-16-4-2-8/h1-7,15H,14H2. The summed E-state index contributed by atoms with van der Waals surface area (Å²) >= 11 is 0. The second-order valence-corrected chi connectivity index (χ2v) is 3.98. The zero-order valence-electron chi connectivity index (χ0n) is 10.2. The Morgan fingerprint density at radius 1 is 1.35 bits per heavy atom. The quantitative estimate of drug-likeness (QED) is 0.288. The number of pyridine rings is 1. The SMILES string of the molecule is N=C(c1ccncc1)c1cc(C=O)c([N+](=O)[O-])cc1N. The van der Waals surface area contributed by atoms with E-state index in [1.54, 1.807) is 12.1 Å². The van der Waals surface area contributed by atoms with Crippen LogP contribution in [0.4, 0.5) is 11.4 Å². The van der Waals surface area contributed by atoms with Gasteiger partial charge in [-0.1, -0.05) is 0 Å². The summed E-state index contributed by atoms with van der Waals surface area (Å²) in [5.41, 5.74) is 6.23. The third kappa shape index (κ3) is 2.37. The fraction of sp³-hybridized carbons (Fsp3) is 0. The van der Waals surface area contributed by atoms with Crippen molar-refractivity contribution in [2.75, 3.05) is 5.73 Å². The van der Waals surface area contributed by atoms with Crippen molar-refractivity contribution in [1.82, 2.24) is 4.98 Å². The molecule has 0 fully saturated rings. The Kier molecular flexibility index (Phi) is 3.52. The number of nitrogens with zero attached hydrogens (tertiary/aromatic N) is 2. The van der Waals surface area contributed by atoms with E-state index < -0.39 is 4.92 Å². The number of aldehydes is 1. The molecule has 7 heteroatoms. The van der Waals surface area contributed by atoms with Gasteiger partial charge < -0.3 is 5.73 Å². The molecule has 0 saturated carbocycles. The summed E-state index contributed by atoms with van der Waals surface area (Å²) < 4.78 is 0. The molecule has 1 aromatic carbocycles. The molecule has 1 heterocycles. The van der Waals surface area contributed by atoms with E-state index in [1.807, 2.05) is 0 Å². The number of anilines is 1. The van der Waals surface area contributed by atoms with E-state index in [0.29, 0.717) is 11.8 Å². The first-order valence-electron chi connectivity index (χ1n) is 5.57. The maximum Gasteiger partial charge on any atom is 0.281 e. The van der Waals surface area contributed by atoms with Crippen LogP contribution in [0.15, 0.2) is 36.7 Å². The molecule has 3 N–H and O–H groups in total. The minimum atomic E-state index is -0.681. The van der Waals surface area contributed by atoms with Gasteiger partial charge in [0.05, 0.1) is 16.2 Å². The zero-order valence-corrected chi connectivity index (χ0v) is 10.2. The Bertz CT molecular complexity index is 698. The molecule has 0 atom stereocenters. The van der Waals surface area contributed by atoms with Crippen molar-refractivity contribution in [2.45, 2.75) is 0 Å². The average Bonchev–Trinajstić information content (AvgIpc) is 2.47. The Morgan fingerprint density at radius 2 is 2.00 bits per heavy atom. The molecule has 0 aliphatic heterocycles. The minimum Gasteiger partial charge on any atom is -0.398 e. The number of carbonyl (C=O) groups excluding carboxylic acids is 1. The van der Waals surface area contributed by atoms with Crippen molar-refractivity contribution in [2.24, 2.45) is 0 Å². The predicted octanol–water partition coefficient (Wildman–Crippen LogP) is 1.80. The van der Waals surface area contributed by atoms with Gasteiger partial charge in [-0.2, -0.15) is 0 Å². The highest BCUT2D eigenvalue weighted by Crippen LogP contribution is 2.26. The van der Waals surface area contributed by atoms with Gasteiger partial charge in [-0.15, -0.1) is 0 Å². The van der Waals surface area contributed by atoms with Crippen LogP contribution >= 0.6 is 0 Å². The number of benzene rings is 1. The fourth-order valence-corrected chi connectivity index (χ4v) is 1.76. The van der Waals surface area contributed by atoms with Crippen LogP contribution in [-0.2, 0) is 0 Å². The normalized spacial score (nSPS) is 10.0. The summed E-state index contributed by atoms with van der Waals surface area (Å²) in [7, 11) is 0. The number of hydrogen-bond donors (Lipinski definition) is 2. The monoisotopic (exact) mass is 270 g/mol. The topological polar surface area (TPSA) is 123 Å². The highest BCUT2D eigenvalue weighted by Gasteiger charge is 2.19. The first-order chi connectivity index (χ1) is 9.54. The molecule has 0 unspecified atom stereocenters. The molecule has 0 radical (unpaired) electrons. The van der Waals surface area contributed by atoms with Crippen LogP contribution in [0.3, 0.4) is 0 Å². The number of nitrogen functional groups attached to an aromatic ring is 1. The fourth-order valence-electron chi connectivity index (χ4n) is 1.76. The number of nitro groups is 1. The highest BCUT2D eigenvalue weighted by molar-refractivity contribution is 6.14. The van der Waals surface area contributed by atoms with Crippen LogP contribution in [0.5, 0.6) is 0 Å². The number of nitrogens with two attached hydrogens (primary N) is 1. The van der Waals surface area contributed by atoms with Crippen molar-refractivity contribution in [3.63, 3.8) is 0 Å². The number of nitro benzene ring substituents is 1. The maximum absolute atomic E-state index is 10.9. The second kappa shape index (κ2) is 5.27. The molecular formula is C13H10N4O3. The lowest BCUT2D eigenvalue weighted by Crippen LogP contribution is -2.08. The van der Waals surface area contributed by atoms with Crippen LogP contribution < -0.4 is 5.73 Å². The molecule has 0 bridgehead atoms. The molecule has 0 aliphatic rings. The van der Waals surface area contributed by atoms with Crippen LogP contribution in [0.2, 0.25) is 0 Å². The van der Waals surface area contributed by atoms with Crippen LogP contribution in [-0.4, -0.2) is 21.9 Å². The number of nitrogens with one attached hydrogen (secondary N) is 1. The number of carbonyl (C=O) groups is 1. The van der Waals surface area contributed by atoms with Gasteiger partial charge in [-0.25, -0.2) is 0 Å². The zero-order chi connectivity index (χ0) is 14.7. The van der Waals surface area contributed by atoms with Gasteiger partial charge in [0.2, 0.25) is 0 Å². The average molecular weight is 270 g/mol. The van der Waals surface area contributed by atoms with Gasteiger partial charge in [0.25, 0.3) is 5.69 Å². The second-order valence-electron chi connectivity index (χ2n) is 3.98. The van der Waals surface area contributed by atoms with Gasteiger partial charge in [0.15, 0.2) is 6.29 Å². The molecule has 20 heavy (non-hydrogen) atoms. The first-order valence-corrected chi connectivity index (χ1v) is 5.57. The van der Waals surface area contributed by atoms with E-state index in [4.69, 9.17) is 11.1 Å². The van der Waals surface area contributed by atoms with Gasteiger partial charge >= 0.3 is 0 Å². The van der Waals surface area contributed by atoms with E-state index in [-0.39, 0.29) is 28.2 Å². The lowest BCUT2D eigenvalue weighted by atomic mass is 9.99. The lowest BCUT2D eigenvalue weighted by Gasteiger charge is -2.08. The predicted molar refractivity (Wildman–Crippen MR) is 73.1 cm³/mol. The van der Waals surface area contributed by atoms with E-state index >= 15 is 0 Å². The van der Waals surface area contributed by atoms with Crippen molar-refractivity contribution in [1.29, 1.82) is 5.41 Å². The van der Waals surface area contributed by atoms with E-state index in [2.05, 4.69) is 4.98 Å². The van der Waals surface area contributed by atoms with Crippen LogP contribution in [0.25, 0.3) is 0 Å². The Labute approximate surface area is 113 Å². The molecule has 7 nitrogen and oxygen atoms in total. The lowest BCUT2D eigenvalue weighted by molar-refractivity contribution is -0.385. The number of rotatable bonds is 4. The highest BCUT2D eigenvalue weighted by atomic mass is 16.6. The Balaban J connectivity index is 2.56. The van der Waals surface area contributed by atoms with Gasteiger partial charge in [-0.3, -0.25) is 25.3 Å². The van der Waals surface area contributed by atoms with Gasteiger partial charge in [-0.05, 0) is 18.2 Å². The van der Waals surface area contributed by atoms with E-state index in [1.165, 1.54) is 18.5 Å². The molecule has 0 aliphatic carbocycles. The Morgan fingerprint density at radius 3 is 2.55 bits per heavy atom. The number of hydrogen-bond acceptors (Lipinski definition) is 6. The third-order valence-electron chi connectivity index (χ3n) is 2.76. The summed E-state index contributed by atoms with van der Waals surface area (Å²) in [5.74, 6) is 0. The van der Waals surface area contributed by atoms with Gasteiger partial charge in [0, 0.05) is 35.3 Å². The maximum atomic E-state index is 10.9. The molecule has 100 valence electrons. The summed E-state index contributed by atoms with van der Waals surface area (Å²) in [6.07, 6.45) is 3.42. The smallest absolute Gasteiger partial charge is 0.281 e. The molecule has 1 aromatic heterocycles. The molecule has 0 saturated heterocycles. The summed E-state index contributed by atoms with van der Waals surface area (Å²) in [6, 6.07) is 5.57. The molecule has 0 amide bonds. The summed E-state index contributed by atoms with van der Waals surface area (Å²) in [5, 5.41) is 18.9. The molecule has 2 aromatic rings. The Hall–Kier alpha value is -3.09. The van der Waals surface area contributed by atoms with Crippen molar-refractivity contribution < 1.29 is 9.72 Å². The summed E-state index contributed by atoms with van der Waals surface area (Å²) in [6.45, 7) is 0. The molecular weight excluding hydrogens is 260 g/mol. The van der Waals surface area contributed by atoms with E-state index in [0.717, 1.165) is 6.07 Å². The minimum absolute atomic E-state index is 0.0721. The first kappa shape index (κ1) is 13.3. The van der Waals surface area contributed by atoms with E-state index in [9.17, 15) is 14.9 Å². The van der Waals surface area contributed by atoms with Crippen LogP contribution in [0, 0.1) is 15.5 Å².